The molecule has 0 aliphatic carbocycles. The summed E-state index contributed by atoms with van der Waals surface area (Å²) < 4.78 is 34.5. The fourth-order valence-electron chi connectivity index (χ4n) is 1.39. The summed E-state index contributed by atoms with van der Waals surface area (Å²) in [7, 11) is -4.13. The second-order valence-corrected chi connectivity index (χ2v) is 5.84. The highest BCUT2D eigenvalue weighted by Gasteiger charge is 2.16. The van der Waals surface area contributed by atoms with Gasteiger partial charge in [0.1, 0.15) is 0 Å². The van der Waals surface area contributed by atoms with Gasteiger partial charge in [-0.3, -0.25) is 0 Å². The van der Waals surface area contributed by atoms with Gasteiger partial charge in [-0.05, 0) is 19.4 Å². The number of carbonyl (C=O) groups excluding carboxylic acids is 1. The fourth-order valence-corrected chi connectivity index (χ4v) is 2.04. The third-order valence-electron chi connectivity index (χ3n) is 2.30. The van der Waals surface area contributed by atoms with Gasteiger partial charge in [0.2, 0.25) is 0 Å². The maximum absolute atomic E-state index is 11.4. The smallest absolute Gasteiger partial charge is 0.377 e. The first-order chi connectivity index (χ1) is 9.89. The quantitative estimate of drug-likeness (QED) is 0.702. The van der Waals surface area contributed by atoms with Gasteiger partial charge in [0, 0.05) is 13.1 Å². The predicted octanol–water partition coefficient (Wildman–Crippen LogP) is 1.17. The first-order valence-electron chi connectivity index (χ1n) is 6.51. The highest BCUT2D eigenvalue weighted by Crippen LogP contribution is 1.98. The fraction of sp³-hybridized carbons (Fsp3) is 0.462. The van der Waals surface area contributed by atoms with Crippen LogP contribution in [-0.4, -0.2) is 33.8 Å². The molecule has 0 saturated heterocycles. The van der Waals surface area contributed by atoms with Crippen molar-refractivity contribution in [2.24, 2.45) is 0 Å². The summed E-state index contributed by atoms with van der Waals surface area (Å²) in [5.74, 6) is 0. The highest BCUT2D eigenvalue weighted by atomic mass is 32.2. The Hall–Kier alpha value is -1.64. The Morgan fingerprint density at radius 3 is 2.52 bits per heavy atom. The lowest BCUT2D eigenvalue weighted by molar-refractivity contribution is 0.0829. The number of amides is 1. The zero-order valence-electron chi connectivity index (χ0n) is 12.0. The minimum atomic E-state index is -4.13. The van der Waals surface area contributed by atoms with Crippen LogP contribution in [0.25, 0.3) is 0 Å². The average Bonchev–Trinajstić information content (AvgIpc) is 2.42. The normalized spacial score (nSPS) is 11.4. The summed E-state index contributed by atoms with van der Waals surface area (Å²) in [6, 6.07) is 9.08. The van der Waals surface area contributed by atoms with Crippen molar-refractivity contribution in [2.45, 2.75) is 26.5 Å². The van der Waals surface area contributed by atoms with Crippen molar-refractivity contribution in [1.29, 1.82) is 0 Å². The van der Waals surface area contributed by atoms with Crippen molar-refractivity contribution in [3.63, 3.8) is 0 Å². The maximum Gasteiger partial charge on any atom is 0.423 e. The van der Waals surface area contributed by atoms with Crippen molar-refractivity contribution >= 4 is 16.4 Å². The topological polar surface area (TPSA) is 93.7 Å². The largest absolute Gasteiger partial charge is 0.423 e. The van der Waals surface area contributed by atoms with E-state index in [1.165, 1.54) is 0 Å². The molecule has 0 saturated carbocycles. The molecule has 0 fully saturated rings. The Balaban J connectivity index is 2.29. The SMILES string of the molecule is CC(C)OCCNS(=O)(=O)OC(=O)NCc1ccccc1. The van der Waals surface area contributed by atoms with E-state index >= 15 is 0 Å². The van der Waals surface area contributed by atoms with Crippen molar-refractivity contribution in [2.75, 3.05) is 13.2 Å². The summed E-state index contributed by atoms with van der Waals surface area (Å²) in [4.78, 5) is 11.4. The number of hydrogen-bond donors (Lipinski definition) is 2. The summed E-state index contributed by atoms with van der Waals surface area (Å²) in [6.45, 7) is 4.09. The molecule has 1 amide bonds. The van der Waals surface area contributed by atoms with E-state index in [1.54, 1.807) is 12.1 Å². The van der Waals surface area contributed by atoms with E-state index in [1.807, 2.05) is 32.0 Å². The van der Waals surface area contributed by atoms with E-state index in [9.17, 15) is 13.2 Å². The van der Waals surface area contributed by atoms with Crippen LogP contribution in [0.5, 0.6) is 0 Å². The molecular formula is C13H20N2O5S. The molecule has 0 aliphatic rings. The van der Waals surface area contributed by atoms with Crippen LogP contribution in [0.4, 0.5) is 4.79 Å². The Labute approximate surface area is 124 Å². The molecule has 0 aliphatic heterocycles. The van der Waals surface area contributed by atoms with Crippen LogP contribution in [0, 0.1) is 0 Å². The molecule has 0 bridgehead atoms. The van der Waals surface area contributed by atoms with Crippen molar-refractivity contribution < 1.29 is 22.1 Å². The number of benzene rings is 1. The average molecular weight is 316 g/mol. The zero-order chi connectivity index (χ0) is 15.7. The van der Waals surface area contributed by atoms with Crippen LogP contribution in [0.2, 0.25) is 0 Å². The molecule has 7 nitrogen and oxygen atoms in total. The van der Waals surface area contributed by atoms with Crippen LogP contribution >= 0.6 is 0 Å². The molecule has 0 atom stereocenters. The van der Waals surface area contributed by atoms with Gasteiger partial charge >= 0.3 is 16.4 Å². The summed E-state index contributed by atoms with van der Waals surface area (Å²) in [5.41, 5.74) is 0.838. The molecule has 21 heavy (non-hydrogen) atoms. The van der Waals surface area contributed by atoms with Crippen molar-refractivity contribution in [1.82, 2.24) is 10.0 Å². The van der Waals surface area contributed by atoms with Gasteiger partial charge in [-0.1, -0.05) is 30.3 Å². The Morgan fingerprint density at radius 1 is 1.24 bits per heavy atom. The molecular weight excluding hydrogens is 296 g/mol. The van der Waals surface area contributed by atoms with Gasteiger partial charge in [-0.15, -0.1) is 0 Å². The lowest BCUT2D eigenvalue weighted by Crippen LogP contribution is -2.35. The molecule has 1 aromatic rings. The van der Waals surface area contributed by atoms with E-state index in [2.05, 4.69) is 14.2 Å². The van der Waals surface area contributed by atoms with Crippen LogP contribution in [0.1, 0.15) is 19.4 Å². The van der Waals surface area contributed by atoms with Gasteiger partial charge in [-0.2, -0.15) is 13.1 Å². The standard InChI is InChI=1S/C13H20N2O5S/c1-11(2)19-9-8-15-21(17,18)20-13(16)14-10-12-6-4-3-5-7-12/h3-7,11,15H,8-10H2,1-2H3,(H,14,16). The Bertz CT molecular complexity index is 531. The number of carbonyl (C=O) groups is 1. The van der Waals surface area contributed by atoms with Crippen molar-refractivity contribution in [3.05, 3.63) is 35.9 Å². The van der Waals surface area contributed by atoms with Gasteiger partial charge in [0.25, 0.3) is 0 Å². The molecule has 2 N–H and O–H groups in total. The lowest BCUT2D eigenvalue weighted by Gasteiger charge is -2.10. The molecule has 8 heteroatoms. The lowest BCUT2D eigenvalue weighted by atomic mass is 10.2. The molecule has 0 unspecified atom stereocenters. The van der Waals surface area contributed by atoms with Crippen LogP contribution in [0.15, 0.2) is 30.3 Å². The van der Waals surface area contributed by atoms with E-state index in [4.69, 9.17) is 4.74 Å². The van der Waals surface area contributed by atoms with Gasteiger partial charge < -0.3 is 14.2 Å². The molecule has 1 aromatic carbocycles. The molecule has 1 rings (SSSR count). The number of ether oxygens (including phenoxy) is 1. The van der Waals surface area contributed by atoms with Gasteiger partial charge in [-0.25, -0.2) is 4.79 Å². The number of hydrogen-bond acceptors (Lipinski definition) is 5. The summed E-state index contributed by atoms with van der Waals surface area (Å²) in [6.07, 6.45) is -1.03. The number of rotatable bonds is 8. The highest BCUT2D eigenvalue weighted by molar-refractivity contribution is 7.85. The van der Waals surface area contributed by atoms with E-state index in [0.717, 1.165) is 5.56 Å². The van der Waals surface area contributed by atoms with E-state index < -0.39 is 16.4 Å². The van der Waals surface area contributed by atoms with Crippen LogP contribution in [-0.2, 0) is 25.8 Å². The molecule has 0 aromatic heterocycles. The Morgan fingerprint density at radius 2 is 1.90 bits per heavy atom. The molecule has 0 radical (unpaired) electrons. The molecule has 0 spiro atoms. The second-order valence-electron chi connectivity index (χ2n) is 4.48. The first-order valence-corrected chi connectivity index (χ1v) is 7.92. The third-order valence-corrected chi connectivity index (χ3v) is 3.23. The minimum Gasteiger partial charge on any atom is -0.377 e. The molecule has 118 valence electrons. The second kappa shape index (κ2) is 8.60. The summed E-state index contributed by atoms with van der Waals surface area (Å²) >= 11 is 0. The Kier molecular flexibility index (Phi) is 7.13. The summed E-state index contributed by atoms with van der Waals surface area (Å²) in [5, 5.41) is 2.35. The van der Waals surface area contributed by atoms with E-state index in [-0.39, 0.29) is 25.8 Å². The predicted molar refractivity (Wildman–Crippen MR) is 77.8 cm³/mol. The number of nitrogens with one attached hydrogen (secondary N) is 2. The van der Waals surface area contributed by atoms with Crippen molar-refractivity contribution in [3.8, 4) is 0 Å². The third kappa shape index (κ3) is 8.28. The molecule has 0 heterocycles. The van der Waals surface area contributed by atoms with Crippen LogP contribution < -0.4 is 10.0 Å². The van der Waals surface area contributed by atoms with Crippen LogP contribution in [0.3, 0.4) is 0 Å². The van der Waals surface area contributed by atoms with Gasteiger partial charge in [0.15, 0.2) is 0 Å². The maximum atomic E-state index is 11.4. The zero-order valence-corrected chi connectivity index (χ0v) is 12.9. The first kappa shape index (κ1) is 17.4. The monoisotopic (exact) mass is 316 g/mol. The minimum absolute atomic E-state index is 0.00425. The van der Waals surface area contributed by atoms with Gasteiger partial charge in [0.05, 0.1) is 12.7 Å². The van der Waals surface area contributed by atoms with E-state index in [0.29, 0.717) is 0 Å².